The zero-order valence-corrected chi connectivity index (χ0v) is 17.0. The van der Waals surface area contributed by atoms with Crippen LogP contribution in [0.3, 0.4) is 0 Å². The first-order valence-electron chi connectivity index (χ1n) is 10.7. The van der Waals surface area contributed by atoms with Crippen molar-refractivity contribution in [1.82, 2.24) is 0 Å². The number of hydrogen-bond acceptors (Lipinski definition) is 1. The summed E-state index contributed by atoms with van der Waals surface area (Å²) < 4.78 is 5.76. The van der Waals surface area contributed by atoms with Crippen LogP contribution in [0.5, 0.6) is 0 Å². The lowest BCUT2D eigenvalue weighted by Gasteiger charge is -2.43. The van der Waals surface area contributed by atoms with Crippen molar-refractivity contribution in [2.45, 2.75) is 23.9 Å². The fourth-order valence-electron chi connectivity index (χ4n) is 4.92. The molecule has 1 heteroatoms. The minimum atomic E-state index is -0.308. The maximum absolute atomic E-state index is 5.76. The highest BCUT2D eigenvalue weighted by Gasteiger charge is 2.46. The van der Waals surface area contributed by atoms with Crippen LogP contribution < -0.4 is 0 Å². The Morgan fingerprint density at radius 1 is 0.600 bits per heavy atom. The smallest absolute Gasteiger partial charge is 0.0816 e. The molecule has 2 unspecified atom stereocenters. The zero-order valence-electron chi connectivity index (χ0n) is 17.0. The summed E-state index contributed by atoms with van der Waals surface area (Å²) in [5, 5.41) is 0. The molecule has 0 N–H and O–H groups in total. The van der Waals surface area contributed by atoms with Gasteiger partial charge in [-0.3, -0.25) is 0 Å². The number of rotatable bonds is 7. The van der Waals surface area contributed by atoms with Gasteiger partial charge >= 0.3 is 0 Å². The van der Waals surface area contributed by atoms with E-state index in [0.29, 0.717) is 6.10 Å². The summed E-state index contributed by atoms with van der Waals surface area (Å²) in [5.74, 6) is 0.249. The standard InChI is InChI=1S/C29H26O/c1-5-13-23(14-6-1)28(21-27-22-30-27)29(24-15-7-2-8-16-24,25-17-9-3-10-18-25)26-19-11-4-12-20-26/h1-20,27-28H,21-22H2. The average Bonchev–Trinajstić information content (AvgIpc) is 3.66. The fraction of sp³-hybridized carbons (Fsp3) is 0.172. The minimum Gasteiger partial charge on any atom is -0.373 e. The molecule has 0 aliphatic carbocycles. The molecule has 1 saturated heterocycles. The van der Waals surface area contributed by atoms with Crippen molar-refractivity contribution < 1.29 is 4.74 Å². The summed E-state index contributed by atoms with van der Waals surface area (Å²) >= 11 is 0. The van der Waals surface area contributed by atoms with Crippen molar-refractivity contribution in [2.75, 3.05) is 6.61 Å². The maximum atomic E-state index is 5.76. The van der Waals surface area contributed by atoms with Gasteiger partial charge in [0.15, 0.2) is 0 Å². The number of hydrogen-bond donors (Lipinski definition) is 0. The average molecular weight is 391 g/mol. The molecule has 1 aliphatic heterocycles. The molecule has 1 heterocycles. The molecule has 5 rings (SSSR count). The van der Waals surface area contributed by atoms with Crippen LogP contribution in [-0.4, -0.2) is 12.7 Å². The van der Waals surface area contributed by atoms with Gasteiger partial charge in [-0.25, -0.2) is 0 Å². The number of benzene rings is 4. The van der Waals surface area contributed by atoms with Crippen LogP contribution in [0.4, 0.5) is 0 Å². The van der Waals surface area contributed by atoms with Gasteiger partial charge in [0.25, 0.3) is 0 Å². The lowest BCUT2D eigenvalue weighted by molar-refractivity contribution is 0.349. The highest BCUT2D eigenvalue weighted by Crippen LogP contribution is 2.52. The van der Waals surface area contributed by atoms with E-state index in [1.165, 1.54) is 22.3 Å². The lowest BCUT2D eigenvalue weighted by atomic mass is 9.59. The Morgan fingerprint density at radius 2 is 0.967 bits per heavy atom. The Hall–Kier alpha value is -3.16. The van der Waals surface area contributed by atoms with E-state index in [1.54, 1.807) is 0 Å². The first-order chi connectivity index (χ1) is 14.9. The summed E-state index contributed by atoms with van der Waals surface area (Å²) in [6.07, 6.45) is 1.31. The third-order valence-corrected chi connectivity index (χ3v) is 6.31. The van der Waals surface area contributed by atoms with Crippen LogP contribution >= 0.6 is 0 Å². The summed E-state index contributed by atoms with van der Waals surface area (Å²) in [4.78, 5) is 0. The van der Waals surface area contributed by atoms with Crippen molar-refractivity contribution >= 4 is 0 Å². The van der Waals surface area contributed by atoms with Gasteiger partial charge in [0.2, 0.25) is 0 Å². The molecule has 0 saturated carbocycles. The third kappa shape index (κ3) is 3.46. The fourth-order valence-corrected chi connectivity index (χ4v) is 4.92. The Bertz CT molecular complexity index is 958. The SMILES string of the molecule is c1ccc(C(CC2CO2)C(c2ccccc2)(c2ccccc2)c2ccccc2)cc1. The van der Waals surface area contributed by atoms with Gasteiger partial charge < -0.3 is 4.74 Å². The van der Waals surface area contributed by atoms with Crippen LogP contribution in [0.25, 0.3) is 0 Å². The van der Waals surface area contributed by atoms with Crippen LogP contribution in [0.15, 0.2) is 121 Å². The van der Waals surface area contributed by atoms with E-state index in [-0.39, 0.29) is 11.3 Å². The van der Waals surface area contributed by atoms with Crippen LogP contribution in [0.2, 0.25) is 0 Å². The molecule has 0 bridgehead atoms. The second kappa shape index (κ2) is 8.30. The summed E-state index contributed by atoms with van der Waals surface area (Å²) in [6.45, 7) is 0.859. The lowest BCUT2D eigenvalue weighted by Crippen LogP contribution is -2.37. The monoisotopic (exact) mass is 390 g/mol. The topological polar surface area (TPSA) is 12.5 Å². The predicted octanol–water partition coefficient (Wildman–Crippen LogP) is 6.59. The molecule has 4 aromatic rings. The van der Waals surface area contributed by atoms with Gasteiger partial charge in [0.1, 0.15) is 0 Å². The van der Waals surface area contributed by atoms with E-state index in [4.69, 9.17) is 4.74 Å². The van der Waals surface area contributed by atoms with Gasteiger partial charge in [-0.2, -0.15) is 0 Å². The Morgan fingerprint density at radius 3 is 1.33 bits per heavy atom. The van der Waals surface area contributed by atoms with E-state index >= 15 is 0 Å². The highest BCUT2D eigenvalue weighted by molar-refractivity contribution is 5.54. The maximum Gasteiger partial charge on any atom is 0.0816 e. The van der Waals surface area contributed by atoms with E-state index in [1.807, 2.05) is 0 Å². The van der Waals surface area contributed by atoms with Crippen molar-refractivity contribution in [2.24, 2.45) is 0 Å². The highest BCUT2D eigenvalue weighted by atomic mass is 16.6. The Balaban J connectivity index is 1.84. The molecular weight excluding hydrogens is 364 g/mol. The van der Waals surface area contributed by atoms with Crippen molar-refractivity contribution in [3.05, 3.63) is 144 Å². The van der Waals surface area contributed by atoms with Crippen LogP contribution in [-0.2, 0) is 10.2 Å². The van der Waals surface area contributed by atoms with Crippen LogP contribution in [0, 0.1) is 0 Å². The molecule has 0 spiro atoms. The quantitative estimate of drug-likeness (QED) is 0.256. The minimum absolute atomic E-state index is 0.249. The van der Waals surface area contributed by atoms with Gasteiger partial charge in [-0.05, 0) is 28.7 Å². The molecular formula is C29H26O. The largest absolute Gasteiger partial charge is 0.373 e. The molecule has 1 fully saturated rings. The van der Waals surface area contributed by atoms with Gasteiger partial charge in [0, 0.05) is 5.92 Å². The molecule has 4 aromatic carbocycles. The molecule has 1 aliphatic rings. The molecule has 1 nitrogen and oxygen atoms in total. The summed E-state index contributed by atoms with van der Waals surface area (Å²) in [7, 11) is 0. The van der Waals surface area contributed by atoms with E-state index < -0.39 is 0 Å². The first kappa shape index (κ1) is 18.8. The molecule has 2 atom stereocenters. The summed E-state index contributed by atoms with van der Waals surface area (Å²) in [5.41, 5.74) is 4.99. The molecule has 30 heavy (non-hydrogen) atoms. The number of epoxide rings is 1. The van der Waals surface area contributed by atoms with Crippen molar-refractivity contribution in [3.8, 4) is 0 Å². The molecule has 148 valence electrons. The Labute approximate surface area is 179 Å². The van der Waals surface area contributed by atoms with Crippen molar-refractivity contribution in [1.29, 1.82) is 0 Å². The number of ether oxygens (including phenoxy) is 1. The summed E-state index contributed by atoms with van der Waals surface area (Å²) in [6, 6.07) is 43.9. The van der Waals surface area contributed by atoms with Gasteiger partial charge in [-0.15, -0.1) is 0 Å². The zero-order chi connectivity index (χ0) is 20.2. The molecule has 0 radical (unpaired) electrons. The second-order valence-electron chi connectivity index (χ2n) is 8.06. The van der Waals surface area contributed by atoms with Gasteiger partial charge in [-0.1, -0.05) is 121 Å². The van der Waals surface area contributed by atoms with E-state index in [2.05, 4.69) is 121 Å². The predicted molar refractivity (Wildman–Crippen MR) is 123 cm³/mol. The van der Waals surface area contributed by atoms with E-state index in [9.17, 15) is 0 Å². The Kier molecular flexibility index (Phi) is 5.21. The molecule has 0 amide bonds. The van der Waals surface area contributed by atoms with Crippen molar-refractivity contribution in [3.63, 3.8) is 0 Å². The first-order valence-corrected chi connectivity index (χ1v) is 10.7. The second-order valence-corrected chi connectivity index (χ2v) is 8.06. The third-order valence-electron chi connectivity index (χ3n) is 6.31. The van der Waals surface area contributed by atoms with E-state index in [0.717, 1.165) is 13.0 Å². The van der Waals surface area contributed by atoms with Crippen LogP contribution in [0.1, 0.15) is 34.6 Å². The molecule has 0 aromatic heterocycles. The normalized spacial score (nSPS) is 16.7. The van der Waals surface area contributed by atoms with Gasteiger partial charge in [0.05, 0.1) is 18.1 Å².